The number of halogens is 8. The van der Waals surface area contributed by atoms with Crippen LogP contribution in [0.25, 0.3) is 0 Å². The van der Waals surface area contributed by atoms with Gasteiger partial charge in [-0.15, -0.1) is 23.2 Å². The Morgan fingerprint density at radius 2 is 1.36 bits per heavy atom. The lowest BCUT2D eigenvalue weighted by molar-refractivity contribution is -0.275. The van der Waals surface area contributed by atoms with Crippen LogP contribution in [-0.4, -0.2) is 27.5 Å². The third-order valence-corrected chi connectivity index (χ3v) is 7.09. The van der Waals surface area contributed by atoms with Crippen molar-refractivity contribution in [3.05, 3.63) is 35.4 Å². The topological polar surface area (TPSA) is 0 Å². The number of hydrogen-bond donors (Lipinski definition) is 0. The van der Waals surface area contributed by atoms with E-state index in [-0.39, 0.29) is 6.42 Å². The molecule has 0 spiro atoms. The van der Waals surface area contributed by atoms with Gasteiger partial charge < -0.3 is 0 Å². The fourth-order valence-corrected chi connectivity index (χ4v) is 5.60. The first-order valence-corrected chi connectivity index (χ1v) is 7.31. The van der Waals surface area contributed by atoms with Crippen LogP contribution >= 0.6 is 23.2 Å². The van der Waals surface area contributed by atoms with Crippen LogP contribution in [0.2, 0.25) is 0 Å². The molecule has 0 bridgehead atoms. The molecule has 0 N–H and O–H groups in total. The SMILES string of the molecule is FC1(F)C(F)(F)[C@]2(Cl)[C@@H]3c4ccccc4C[C@@H]3[C@]2(Cl)C1(F)F. The first-order chi connectivity index (χ1) is 9.96. The van der Waals surface area contributed by atoms with Gasteiger partial charge in [0, 0.05) is 5.92 Å². The molecule has 0 heterocycles. The van der Waals surface area contributed by atoms with Crippen LogP contribution in [-0.2, 0) is 6.42 Å². The molecule has 1 aromatic carbocycles. The molecule has 0 aromatic heterocycles. The summed E-state index contributed by atoms with van der Waals surface area (Å²) >= 11 is 11.5. The maximum atomic E-state index is 14.2. The maximum Gasteiger partial charge on any atom is 0.375 e. The van der Waals surface area contributed by atoms with Crippen molar-refractivity contribution in [2.75, 3.05) is 0 Å². The van der Waals surface area contributed by atoms with Crippen molar-refractivity contribution in [2.45, 2.75) is 39.9 Å². The molecule has 0 radical (unpaired) electrons. The molecule has 120 valence electrons. The molecule has 0 saturated heterocycles. The molecule has 3 aliphatic carbocycles. The molecule has 0 amide bonds. The third kappa shape index (κ3) is 1.04. The summed E-state index contributed by atoms with van der Waals surface area (Å²) in [4.78, 5) is -6.40. The maximum absolute atomic E-state index is 14.2. The van der Waals surface area contributed by atoms with Gasteiger partial charge in [0.15, 0.2) is 0 Å². The molecule has 4 rings (SSSR count). The van der Waals surface area contributed by atoms with Crippen LogP contribution in [0, 0.1) is 5.92 Å². The predicted octanol–water partition coefficient (Wildman–Crippen LogP) is 4.83. The van der Waals surface area contributed by atoms with Gasteiger partial charge in [-0.05, 0) is 23.5 Å². The molecule has 2 fully saturated rings. The molecule has 0 aliphatic heterocycles. The zero-order valence-corrected chi connectivity index (χ0v) is 12.2. The minimum atomic E-state index is -5.59. The minimum Gasteiger partial charge on any atom is -0.197 e. The third-order valence-electron chi connectivity index (χ3n) is 5.40. The fourth-order valence-electron chi connectivity index (χ4n) is 4.40. The van der Waals surface area contributed by atoms with Gasteiger partial charge in [-0.1, -0.05) is 24.3 Å². The van der Waals surface area contributed by atoms with Crippen molar-refractivity contribution >= 4 is 23.2 Å². The van der Waals surface area contributed by atoms with Gasteiger partial charge in [0.2, 0.25) is 0 Å². The highest BCUT2D eigenvalue weighted by atomic mass is 35.5. The second kappa shape index (κ2) is 3.56. The van der Waals surface area contributed by atoms with E-state index >= 15 is 0 Å². The molecule has 8 heteroatoms. The van der Waals surface area contributed by atoms with Crippen molar-refractivity contribution in [3.8, 4) is 0 Å². The van der Waals surface area contributed by atoms with Crippen LogP contribution in [0.3, 0.4) is 0 Å². The number of alkyl halides is 8. The molecule has 3 aliphatic rings. The Bertz CT molecular complexity index is 690. The zero-order valence-electron chi connectivity index (χ0n) is 10.7. The molecular formula is C14H8Cl2F6. The molecule has 0 unspecified atom stereocenters. The number of benzene rings is 1. The Hall–Kier alpha value is -0.620. The van der Waals surface area contributed by atoms with E-state index in [0.29, 0.717) is 11.1 Å². The average molecular weight is 361 g/mol. The highest BCUT2D eigenvalue weighted by Gasteiger charge is 3.03. The van der Waals surface area contributed by atoms with Crippen LogP contribution in [0.1, 0.15) is 17.0 Å². The largest absolute Gasteiger partial charge is 0.375 e. The van der Waals surface area contributed by atoms with Crippen molar-refractivity contribution in [1.29, 1.82) is 0 Å². The molecule has 1 aromatic rings. The van der Waals surface area contributed by atoms with Gasteiger partial charge in [-0.25, -0.2) is 0 Å². The van der Waals surface area contributed by atoms with Gasteiger partial charge in [0.25, 0.3) is 0 Å². The standard InChI is InChI=1S/C14H8Cl2F6/c15-10-8-5-6-3-1-2-4-7(6)9(8)11(10,16)13(19,20)14(21,22)12(10,17)18/h1-4,8-9H,5H2/t8-,9+,10+,11-/m0/s1. The van der Waals surface area contributed by atoms with E-state index in [4.69, 9.17) is 23.2 Å². The Morgan fingerprint density at radius 1 is 0.818 bits per heavy atom. The van der Waals surface area contributed by atoms with E-state index in [1.165, 1.54) is 12.1 Å². The van der Waals surface area contributed by atoms with E-state index < -0.39 is 39.4 Å². The lowest BCUT2D eigenvalue weighted by Gasteiger charge is -2.59. The van der Waals surface area contributed by atoms with Crippen molar-refractivity contribution in [2.24, 2.45) is 5.92 Å². The average Bonchev–Trinajstić information content (AvgIpc) is 2.83. The molecule has 4 atom stereocenters. The Kier molecular flexibility index (Phi) is 2.42. The lowest BCUT2D eigenvalue weighted by Crippen LogP contribution is -2.73. The first kappa shape index (κ1) is 14.9. The van der Waals surface area contributed by atoms with Crippen molar-refractivity contribution in [1.82, 2.24) is 0 Å². The summed E-state index contributed by atoms with van der Waals surface area (Å²) in [6, 6.07) is 6.18. The van der Waals surface area contributed by atoms with E-state index in [1.54, 1.807) is 12.1 Å². The second-order valence-electron chi connectivity index (χ2n) is 6.13. The summed E-state index contributed by atoms with van der Waals surface area (Å²) in [5, 5.41) is 0. The summed E-state index contributed by atoms with van der Waals surface area (Å²) in [5.41, 5.74) is 0.841. The predicted molar refractivity (Wildman–Crippen MR) is 68.4 cm³/mol. The van der Waals surface area contributed by atoms with Crippen molar-refractivity contribution < 1.29 is 26.3 Å². The summed E-state index contributed by atoms with van der Waals surface area (Å²) < 4.78 is 84.3. The van der Waals surface area contributed by atoms with Crippen LogP contribution in [0.4, 0.5) is 26.3 Å². The fraction of sp³-hybridized carbons (Fsp3) is 0.571. The van der Waals surface area contributed by atoms with Gasteiger partial charge >= 0.3 is 17.8 Å². The van der Waals surface area contributed by atoms with Gasteiger partial charge in [-0.2, -0.15) is 26.3 Å². The van der Waals surface area contributed by atoms with E-state index in [9.17, 15) is 26.3 Å². The summed E-state index contributed by atoms with van der Waals surface area (Å²) in [7, 11) is 0. The summed E-state index contributed by atoms with van der Waals surface area (Å²) in [6.07, 6.45) is -0.0689. The summed E-state index contributed by atoms with van der Waals surface area (Å²) in [6.45, 7) is 0. The van der Waals surface area contributed by atoms with E-state index in [2.05, 4.69) is 0 Å². The van der Waals surface area contributed by atoms with Gasteiger partial charge in [-0.3, -0.25) is 0 Å². The quantitative estimate of drug-likeness (QED) is 0.459. The molecule has 0 nitrogen and oxygen atoms in total. The Morgan fingerprint density at radius 3 is 2.00 bits per heavy atom. The smallest absolute Gasteiger partial charge is 0.197 e. The van der Waals surface area contributed by atoms with Gasteiger partial charge in [0.05, 0.1) is 0 Å². The molecule has 22 heavy (non-hydrogen) atoms. The first-order valence-electron chi connectivity index (χ1n) is 6.55. The van der Waals surface area contributed by atoms with E-state index in [1.807, 2.05) is 0 Å². The molecular weight excluding hydrogens is 353 g/mol. The van der Waals surface area contributed by atoms with Crippen LogP contribution < -0.4 is 0 Å². The minimum absolute atomic E-state index is 0.0689. The molecule has 2 saturated carbocycles. The monoisotopic (exact) mass is 360 g/mol. The number of rotatable bonds is 0. The Labute approximate surface area is 131 Å². The number of fused-ring (bicyclic) bond motifs is 6. The van der Waals surface area contributed by atoms with E-state index in [0.717, 1.165) is 0 Å². The van der Waals surface area contributed by atoms with Crippen LogP contribution in [0.15, 0.2) is 24.3 Å². The normalized spacial score (nSPS) is 45.6. The van der Waals surface area contributed by atoms with Crippen LogP contribution in [0.5, 0.6) is 0 Å². The lowest BCUT2D eigenvalue weighted by atomic mass is 9.55. The number of hydrogen-bond acceptors (Lipinski definition) is 0. The van der Waals surface area contributed by atoms with Crippen molar-refractivity contribution in [3.63, 3.8) is 0 Å². The zero-order chi connectivity index (χ0) is 16.3. The second-order valence-corrected chi connectivity index (χ2v) is 7.33. The van der Waals surface area contributed by atoms with Gasteiger partial charge in [0.1, 0.15) is 9.75 Å². The summed E-state index contributed by atoms with van der Waals surface area (Å²) in [5.74, 6) is -18.4. The highest BCUT2D eigenvalue weighted by molar-refractivity contribution is 6.39. The Balaban J connectivity index is 1.99. The highest BCUT2D eigenvalue weighted by Crippen LogP contribution is 2.84.